The number of halogens is 4. The molecule has 0 amide bonds. The van der Waals surface area contributed by atoms with Crippen LogP contribution >= 0.6 is 12.4 Å². The van der Waals surface area contributed by atoms with Crippen molar-refractivity contribution >= 4 is 12.4 Å². The number of imidazole rings is 1. The Labute approximate surface area is 78.9 Å². The first-order valence-corrected chi connectivity index (χ1v) is 3.29. The van der Waals surface area contributed by atoms with Crippen molar-refractivity contribution in [3.8, 4) is 0 Å². The molecule has 13 heavy (non-hydrogen) atoms. The van der Waals surface area contributed by atoms with Gasteiger partial charge in [-0.15, -0.1) is 12.4 Å². The Morgan fingerprint density at radius 3 is 2.31 bits per heavy atom. The average Bonchev–Trinajstić information content (AvgIpc) is 2.30. The standard InChI is InChI=1S/C6H8F3N3.ClH/c1-3(10)5-11-2-4(12-5)6(7,8)9;/h2-3H,10H2,1H3,(H,11,12);1H/t3-;/m0./s1. The second-order valence-corrected chi connectivity index (χ2v) is 2.47. The molecule has 0 saturated carbocycles. The highest BCUT2D eigenvalue weighted by Crippen LogP contribution is 2.27. The van der Waals surface area contributed by atoms with Crippen LogP contribution in [0.2, 0.25) is 0 Å². The van der Waals surface area contributed by atoms with Crippen molar-refractivity contribution < 1.29 is 13.2 Å². The van der Waals surface area contributed by atoms with Gasteiger partial charge < -0.3 is 10.7 Å². The molecule has 1 aromatic rings. The van der Waals surface area contributed by atoms with Gasteiger partial charge in [0.25, 0.3) is 0 Å². The molecule has 1 atom stereocenters. The van der Waals surface area contributed by atoms with Gasteiger partial charge in [-0.2, -0.15) is 13.2 Å². The van der Waals surface area contributed by atoms with Crippen molar-refractivity contribution in [1.82, 2.24) is 9.97 Å². The van der Waals surface area contributed by atoms with Gasteiger partial charge >= 0.3 is 6.18 Å². The number of aromatic amines is 1. The fraction of sp³-hybridized carbons (Fsp3) is 0.500. The summed E-state index contributed by atoms with van der Waals surface area (Å²) in [5.74, 6) is 0.141. The minimum atomic E-state index is -4.37. The first kappa shape index (κ1) is 12.2. The lowest BCUT2D eigenvalue weighted by Gasteiger charge is -2.02. The van der Waals surface area contributed by atoms with Crippen molar-refractivity contribution in [2.75, 3.05) is 0 Å². The molecule has 1 rings (SSSR count). The zero-order valence-electron chi connectivity index (χ0n) is 6.72. The number of hydrogen-bond acceptors (Lipinski definition) is 2. The molecule has 0 saturated heterocycles. The summed E-state index contributed by atoms with van der Waals surface area (Å²) < 4.78 is 35.9. The number of alkyl halides is 3. The van der Waals surface area contributed by atoms with Crippen LogP contribution in [0.1, 0.15) is 24.5 Å². The number of rotatable bonds is 1. The Morgan fingerprint density at radius 2 is 2.08 bits per heavy atom. The van der Waals surface area contributed by atoms with Gasteiger partial charge in [-0.25, -0.2) is 4.98 Å². The quantitative estimate of drug-likeness (QED) is 0.752. The maximum absolute atomic E-state index is 12.0. The van der Waals surface area contributed by atoms with E-state index in [0.29, 0.717) is 0 Å². The highest BCUT2D eigenvalue weighted by molar-refractivity contribution is 5.85. The third-order valence-electron chi connectivity index (χ3n) is 1.33. The predicted octanol–water partition coefficient (Wildman–Crippen LogP) is 1.87. The molecule has 0 fully saturated rings. The first-order valence-electron chi connectivity index (χ1n) is 3.29. The fourth-order valence-electron chi connectivity index (χ4n) is 0.712. The topological polar surface area (TPSA) is 54.7 Å². The van der Waals surface area contributed by atoms with Gasteiger partial charge in [-0.3, -0.25) is 0 Å². The van der Waals surface area contributed by atoms with Crippen molar-refractivity contribution in [1.29, 1.82) is 0 Å². The number of nitrogens with two attached hydrogens (primary N) is 1. The van der Waals surface area contributed by atoms with E-state index in [1.54, 1.807) is 6.92 Å². The zero-order chi connectivity index (χ0) is 9.35. The van der Waals surface area contributed by atoms with Crippen LogP contribution in [-0.2, 0) is 6.18 Å². The number of nitrogens with one attached hydrogen (secondary N) is 1. The monoisotopic (exact) mass is 215 g/mol. The molecule has 0 aromatic carbocycles. The van der Waals surface area contributed by atoms with E-state index in [2.05, 4.69) is 9.97 Å². The smallest absolute Gasteiger partial charge is 0.337 e. The van der Waals surface area contributed by atoms with E-state index in [4.69, 9.17) is 5.73 Å². The minimum absolute atomic E-state index is 0. The molecule has 0 aliphatic heterocycles. The second-order valence-electron chi connectivity index (χ2n) is 2.47. The SMILES string of the molecule is C[C@H](N)c1ncc(C(F)(F)F)[nH]1.Cl. The molecule has 76 valence electrons. The van der Waals surface area contributed by atoms with Gasteiger partial charge in [-0.05, 0) is 6.92 Å². The molecule has 3 N–H and O–H groups in total. The van der Waals surface area contributed by atoms with Crippen LogP contribution in [-0.4, -0.2) is 9.97 Å². The lowest BCUT2D eigenvalue weighted by atomic mass is 10.3. The van der Waals surface area contributed by atoms with Crippen molar-refractivity contribution in [3.05, 3.63) is 17.7 Å². The third kappa shape index (κ3) is 2.89. The van der Waals surface area contributed by atoms with Gasteiger partial charge in [0.15, 0.2) is 0 Å². The Balaban J connectivity index is 0.00000144. The molecular formula is C6H9ClF3N3. The average molecular weight is 216 g/mol. The summed E-state index contributed by atoms with van der Waals surface area (Å²) in [7, 11) is 0. The Bertz CT molecular complexity index is 268. The largest absolute Gasteiger partial charge is 0.432 e. The summed E-state index contributed by atoms with van der Waals surface area (Å²) in [4.78, 5) is 5.57. The van der Waals surface area contributed by atoms with Crippen LogP contribution in [0.25, 0.3) is 0 Å². The molecule has 0 radical (unpaired) electrons. The number of aromatic nitrogens is 2. The summed E-state index contributed by atoms with van der Waals surface area (Å²) in [6.45, 7) is 1.55. The molecule has 7 heteroatoms. The maximum Gasteiger partial charge on any atom is 0.432 e. The van der Waals surface area contributed by atoms with E-state index in [0.717, 1.165) is 6.20 Å². The third-order valence-corrected chi connectivity index (χ3v) is 1.33. The summed E-state index contributed by atoms with van der Waals surface area (Å²) in [6, 6.07) is -0.513. The van der Waals surface area contributed by atoms with Gasteiger partial charge in [0.2, 0.25) is 0 Å². The van der Waals surface area contributed by atoms with Crippen molar-refractivity contribution in [2.24, 2.45) is 5.73 Å². The molecule has 1 aromatic heterocycles. The molecule has 0 aliphatic carbocycles. The first-order chi connectivity index (χ1) is 5.41. The maximum atomic E-state index is 12.0. The molecule has 0 aliphatic rings. The highest BCUT2D eigenvalue weighted by Gasteiger charge is 2.33. The second kappa shape index (κ2) is 3.97. The molecule has 3 nitrogen and oxygen atoms in total. The van der Waals surface area contributed by atoms with Crippen LogP contribution in [0.15, 0.2) is 6.20 Å². The van der Waals surface area contributed by atoms with Crippen molar-refractivity contribution in [3.63, 3.8) is 0 Å². The van der Waals surface area contributed by atoms with E-state index in [1.807, 2.05) is 0 Å². The van der Waals surface area contributed by atoms with Crippen molar-refractivity contribution in [2.45, 2.75) is 19.1 Å². The summed E-state index contributed by atoms with van der Waals surface area (Å²) >= 11 is 0. The minimum Gasteiger partial charge on any atom is -0.337 e. The van der Waals surface area contributed by atoms with Gasteiger partial charge in [0, 0.05) is 0 Å². The fourth-order valence-corrected chi connectivity index (χ4v) is 0.712. The van der Waals surface area contributed by atoms with Gasteiger partial charge in [0.05, 0.1) is 12.2 Å². The number of nitrogens with zero attached hydrogens (tertiary/aromatic N) is 1. The zero-order valence-corrected chi connectivity index (χ0v) is 7.54. The van der Waals surface area contributed by atoms with Crippen LogP contribution in [0.5, 0.6) is 0 Å². The lowest BCUT2D eigenvalue weighted by molar-refractivity contribution is -0.140. The van der Waals surface area contributed by atoms with E-state index in [-0.39, 0.29) is 18.2 Å². The predicted molar refractivity (Wildman–Crippen MR) is 43.4 cm³/mol. The molecule has 0 spiro atoms. The number of hydrogen-bond donors (Lipinski definition) is 2. The Kier molecular flexibility index (Phi) is 3.74. The molecule has 1 heterocycles. The van der Waals surface area contributed by atoms with Crippen LogP contribution in [0.3, 0.4) is 0 Å². The normalized spacial score (nSPS) is 13.6. The van der Waals surface area contributed by atoms with Gasteiger partial charge in [-0.1, -0.05) is 0 Å². The summed E-state index contributed by atoms with van der Waals surface area (Å²) in [5, 5.41) is 0. The number of H-pyrrole nitrogens is 1. The van der Waals surface area contributed by atoms with Crippen LogP contribution < -0.4 is 5.73 Å². The Morgan fingerprint density at radius 1 is 1.54 bits per heavy atom. The highest BCUT2D eigenvalue weighted by atomic mass is 35.5. The molecule has 0 bridgehead atoms. The van der Waals surface area contributed by atoms with E-state index in [1.165, 1.54) is 0 Å². The van der Waals surface area contributed by atoms with Gasteiger partial charge in [0.1, 0.15) is 11.5 Å². The summed E-state index contributed by atoms with van der Waals surface area (Å²) in [6.07, 6.45) is -3.64. The van der Waals surface area contributed by atoms with E-state index < -0.39 is 17.9 Å². The van der Waals surface area contributed by atoms with E-state index in [9.17, 15) is 13.2 Å². The molecule has 0 unspecified atom stereocenters. The van der Waals surface area contributed by atoms with Crippen LogP contribution in [0, 0.1) is 0 Å². The molecular weight excluding hydrogens is 207 g/mol. The Hall–Kier alpha value is -0.750. The summed E-state index contributed by atoms with van der Waals surface area (Å²) in [5.41, 5.74) is 4.44. The van der Waals surface area contributed by atoms with Crippen LogP contribution in [0.4, 0.5) is 13.2 Å². The van der Waals surface area contributed by atoms with E-state index >= 15 is 0 Å². The lowest BCUT2D eigenvalue weighted by Crippen LogP contribution is -2.09.